The van der Waals surface area contributed by atoms with Crippen molar-refractivity contribution in [3.05, 3.63) is 70.8 Å². The molecule has 2 aromatic carbocycles. The summed E-state index contributed by atoms with van der Waals surface area (Å²) in [4.78, 5) is 14.6. The van der Waals surface area contributed by atoms with Gasteiger partial charge in [0.05, 0.1) is 0 Å². The van der Waals surface area contributed by atoms with Crippen molar-refractivity contribution < 1.29 is 4.79 Å². The third-order valence-corrected chi connectivity index (χ3v) is 5.49. The van der Waals surface area contributed by atoms with E-state index in [4.69, 9.17) is 0 Å². The number of hydrogen-bond acceptors (Lipinski definition) is 2. The van der Waals surface area contributed by atoms with Gasteiger partial charge in [0.25, 0.3) is 0 Å². The fraction of sp³-hybridized carbons (Fsp3) is 0.435. The van der Waals surface area contributed by atoms with E-state index in [0.29, 0.717) is 12.5 Å². The number of nitrogens with one attached hydrogen (secondary N) is 2. The van der Waals surface area contributed by atoms with Gasteiger partial charge in [0.2, 0.25) is 0 Å². The smallest absolute Gasteiger partial charge is 0.315 e. The molecule has 1 saturated heterocycles. The predicted molar refractivity (Wildman–Crippen MR) is 111 cm³/mol. The molecule has 2 N–H and O–H groups in total. The van der Waals surface area contributed by atoms with Crippen LogP contribution in [0.4, 0.5) is 4.79 Å². The summed E-state index contributed by atoms with van der Waals surface area (Å²) in [5.41, 5.74) is 5.15. The summed E-state index contributed by atoms with van der Waals surface area (Å²) in [5.74, 6) is 0.572. The van der Waals surface area contributed by atoms with Gasteiger partial charge in [-0.3, -0.25) is 4.90 Å². The fourth-order valence-corrected chi connectivity index (χ4v) is 3.56. The molecular formula is C23H31N3O. The maximum absolute atomic E-state index is 12.0. The van der Waals surface area contributed by atoms with E-state index in [2.05, 4.69) is 77.9 Å². The minimum Gasteiger partial charge on any atom is -0.338 e. The quantitative estimate of drug-likeness (QED) is 0.812. The SMILES string of the molecule is Cc1ccc(CNC(=O)NCC2CCN(Cc3ccccc3C)CC2)cc1. The number of benzene rings is 2. The third-order valence-electron chi connectivity index (χ3n) is 5.49. The largest absolute Gasteiger partial charge is 0.338 e. The van der Waals surface area contributed by atoms with E-state index in [1.54, 1.807) is 0 Å². The number of urea groups is 1. The van der Waals surface area contributed by atoms with E-state index >= 15 is 0 Å². The normalized spacial score (nSPS) is 15.5. The highest BCUT2D eigenvalue weighted by atomic mass is 16.2. The van der Waals surface area contributed by atoms with Crippen molar-refractivity contribution >= 4 is 6.03 Å². The van der Waals surface area contributed by atoms with Crippen LogP contribution in [0.2, 0.25) is 0 Å². The first kappa shape index (κ1) is 19.4. The van der Waals surface area contributed by atoms with E-state index in [1.165, 1.54) is 16.7 Å². The average molecular weight is 366 g/mol. The van der Waals surface area contributed by atoms with Crippen molar-refractivity contribution in [2.75, 3.05) is 19.6 Å². The van der Waals surface area contributed by atoms with E-state index in [9.17, 15) is 4.79 Å². The Morgan fingerprint density at radius 1 is 1.00 bits per heavy atom. The van der Waals surface area contributed by atoms with Crippen LogP contribution in [-0.2, 0) is 13.1 Å². The molecule has 0 aliphatic carbocycles. The molecule has 144 valence electrons. The van der Waals surface area contributed by atoms with Gasteiger partial charge in [-0.1, -0.05) is 54.1 Å². The summed E-state index contributed by atoms with van der Waals surface area (Å²) < 4.78 is 0. The molecule has 0 bridgehead atoms. The third kappa shape index (κ3) is 6.10. The summed E-state index contributed by atoms with van der Waals surface area (Å²) in [6, 6.07) is 16.8. The lowest BCUT2D eigenvalue weighted by Crippen LogP contribution is -2.41. The molecule has 0 radical (unpaired) electrons. The van der Waals surface area contributed by atoms with Crippen LogP contribution >= 0.6 is 0 Å². The van der Waals surface area contributed by atoms with Crippen LogP contribution in [-0.4, -0.2) is 30.6 Å². The van der Waals surface area contributed by atoms with Crippen molar-refractivity contribution in [3.8, 4) is 0 Å². The Hall–Kier alpha value is -2.33. The van der Waals surface area contributed by atoms with Crippen LogP contribution < -0.4 is 10.6 Å². The minimum atomic E-state index is -0.0714. The van der Waals surface area contributed by atoms with Gasteiger partial charge in [-0.15, -0.1) is 0 Å². The molecule has 0 unspecified atom stereocenters. The maximum Gasteiger partial charge on any atom is 0.315 e. The van der Waals surface area contributed by atoms with Gasteiger partial charge in [-0.2, -0.15) is 0 Å². The molecule has 0 atom stereocenters. The minimum absolute atomic E-state index is 0.0714. The van der Waals surface area contributed by atoms with Crippen LogP contribution in [0.1, 0.15) is 35.1 Å². The summed E-state index contributed by atoms with van der Waals surface area (Å²) in [5, 5.41) is 5.98. The summed E-state index contributed by atoms with van der Waals surface area (Å²) in [7, 11) is 0. The number of carbonyl (C=O) groups excluding carboxylic acids is 1. The van der Waals surface area contributed by atoms with Crippen LogP contribution in [0.5, 0.6) is 0 Å². The number of piperidine rings is 1. The lowest BCUT2D eigenvalue weighted by molar-refractivity contribution is 0.174. The van der Waals surface area contributed by atoms with E-state index in [0.717, 1.165) is 44.6 Å². The van der Waals surface area contributed by atoms with Gasteiger partial charge < -0.3 is 10.6 Å². The monoisotopic (exact) mass is 365 g/mol. The Kier molecular flexibility index (Phi) is 6.88. The first-order chi connectivity index (χ1) is 13.1. The Morgan fingerprint density at radius 2 is 1.70 bits per heavy atom. The van der Waals surface area contributed by atoms with Gasteiger partial charge in [0, 0.05) is 19.6 Å². The van der Waals surface area contributed by atoms with Crippen LogP contribution in [0.3, 0.4) is 0 Å². The zero-order valence-corrected chi connectivity index (χ0v) is 16.5. The second-order valence-corrected chi connectivity index (χ2v) is 7.70. The van der Waals surface area contributed by atoms with Gasteiger partial charge >= 0.3 is 6.03 Å². The Bertz CT molecular complexity index is 734. The van der Waals surface area contributed by atoms with Crippen molar-refractivity contribution in [1.82, 2.24) is 15.5 Å². The van der Waals surface area contributed by atoms with Crippen molar-refractivity contribution in [2.45, 2.75) is 39.8 Å². The fourth-order valence-electron chi connectivity index (χ4n) is 3.56. The number of likely N-dealkylation sites (tertiary alicyclic amines) is 1. The molecule has 0 saturated carbocycles. The molecule has 2 aromatic rings. The number of amides is 2. The van der Waals surface area contributed by atoms with E-state index in [1.807, 2.05) is 0 Å². The number of nitrogens with zero attached hydrogens (tertiary/aromatic N) is 1. The second-order valence-electron chi connectivity index (χ2n) is 7.70. The standard InChI is InChI=1S/C23H31N3O/c1-18-7-9-20(10-8-18)15-24-23(27)25-16-21-11-13-26(14-12-21)17-22-6-4-3-5-19(22)2/h3-10,21H,11-17H2,1-2H3,(H2,24,25,27). The molecule has 3 rings (SSSR count). The molecule has 0 aromatic heterocycles. The molecular weight excluding hydrogens is 334 g/mol. The first-order valence-electron chi connectivity index (χ1n) is 9.94. The Morgan fingerprint density at radius 3 is 2.41 bits per heavy atom. The highest BCUT2D eigenvalue weighted by Crippen LogP contribution is 2.19. The second kappa shape index (κ2) is 9.56. The molecule has 1 fully saturated rings. The van der Waals surface area contributed by atoms with Crippen molar-refractivity contribution in [2.24, 2.45) is 5.92 Å². The highest BCUT2D eigenvalue weighted by molar-refractivity contribution is 5.73. The van der Waals surface area contributed by atoms with Gasteiger partial charge in [-0.05, 0) is 62.4 Å². The number of hydrogen-bond donors (Lipinski definition) is 2. The Labute approximate surface area is 163 Å². The van der Waals surface area contributed by atoms with Gasteiger partial charge in [0.15, 0.2) is 0 Å². The van der Waals surface area contributed by atoms with Crippen molar-refractivity contribution in [3.63, 3.8) is 0 Å². The number of rotatable bonds is 6. The van der Waals surface area contributed by atoms with E-state index in [-0.39, 0.29) is 6.03 Å². The molecule has 1 aliphatic heterocycles. The molecule has 4 nitrogen and oxygen atoms in total. The van der Waals surface area contributed by atoms with Crippen LogP contribution in [0.25, 0.3) is 0 Å². The molecule has 2 amide bonds. The summed E-state index contributed by atoms with van der Waals surface area (Å²) >= 11 is 0. The highest BCUT2D eigenvalue weighted by Gasteiger charge is 2.20. The maximum atomic E-state index is 12.0. The zero-order chi connectivity index (χ0) is 19.1. The van der Waals surface area contributed by atoms with Crippen molar-refractivity contribution in [1.29, 1.82) is 0 Å². The van der Waals surface area contributed by atoms with Crippen LogP contribution in [0, 0.1) is 19.8 Å². The van der Waals surface area contributed by atoms with Crippen LogP contribution in [0.15, 0.2) is 48.5 Å². The molecule has 4 heteroatoms. The topological polar surface area (TPSA) is 44.4 Å². The summed E-state index contributed by atoms with van der Waals surface area (Å²) in [6.07, 6.45) is 2.29. The number of aryl methyl sites for hydroxylation is 2. The summed E-state index contributed by atoms with van der Waals surface area (Å²) in [6.45, 7) is 8.82. The lowest BCUT2D eigenvalue weighted by atomic mass is 9.96. The van der Waals surface area contributed by atoms with E-state index < -0.39 is 0 Å². The molecule has 27 heavy (non-hydrogen) atoms. The average Bonchev–Trinajstić information content (AvgIpc) is 2.69. The van der Waals surface area contributed by atoms with Gasteiger partial charge in [-0.25, -0.2) is 4.79 Å². The zero-order valence-electron chi connectivity index (χ0n) is 16.5. The van der Waals surface area contributed by atoms with Gasteiger partial charge in [0.1, 0.15) is 0 Å². The number of carbonyl (C=O) groups is 1. The Balaban J connectivity index is 1.33. The molecule has 1 aliphatic rings. The first-order valence-corrected chi connectivity index (χ1v) is 9.94. The molecule has 1 heterocycles. The predicted octanol–water partition coefficient (Wildman–Crippen LogP) is 4.01. The molecule has 0 spiro atoms. The lowest BCUT2D eigenvalue weighted by Gasteiger charge is -2.32.